The molecule has 2 heterocycles. The lowest BCUT2D eigenvalue weighted by atomic mass is 10.3. The molecular formula is C9H9N3O2. The van der Waals surface area contributed by atoms with E-state index in [1.54, 1.807) is 6.07 Å². The highest BCUT2D eigenvalue weighted by atomic mass is 16.3. The van der Waals surface area contributed by atoms with Gasteiger partial charge in [-0.15, -0.1) is 0 Å². The minimum absolute atomic E-state index is 0.0237. The van der Waals surface area contributed by atoms with Gasteiger partial charge in [0, 0.05) is 18.3 Å². The molecule has 5 heteroatoms. The first-order chi connectivity index (χ1) is 6.72. The second-order valence-electron chi connectivity index (χ2n) is 2.91. The molecule has 3 N–H and O–H groups in total. The highest BCUT2D eigenvalue weighted by Gasteiger charge is 2.02. The molecule has 0 aliphatic heterocycles. The quantitative estimate of drug-likeness (QED) is 0.657. The Morgan fingerprint density at radius 3 is 3.00 bits per heavy atom. The smallest absolute Gasteiger partial charge is 0.262 e. The molecule has 0 amide bonds. The Morgan fingerprint density at radius 1 is 1.50 bits per heavy atom. The molecule has 0 radical (unpaired) electrons. The summed E-state index contributed by atoms with van der Waals surface area (Å²) in [6.45, 7) is 0.143. The number of aromatic hydroxyl groups is 1. The number of hydrogen-bond donors (Lipinski definition) is 2. The molecule has 0 bridgehead atoms. The predicted octanol–water partition coefficient (Wildman–Crippen LogP) is -0.141. The molecule has 14 heavy (non-hydrogen) atoms. The van der Waals surface area contributed by atoms with Crippen molar-refractivity contribution in [1.29, 1.82) is 0 Å². The lowest BCUT2D eigenvalue weighted by molar-refractivity contribution is 0.471. The van der Waals surface area contributed by atoms with Crippen molar-refractivity contribution in [3.05, 3.63) is 40.4 Å². The fourth-order valence-electron chi connectivity index (χ4n) is 1.24. The number of hydrogen-bond acceptors (Lipinski definition) is 4. The van der Waals surface area contributed by atoms with Gasteiger partial charge in [-0.1, -0.05) is 0 Å². The molecule has 2 aromatic heterocycles. The molecule has 5 nitrogen and oxygen atoms in total. The van der Waals surface area contributed by atoms with E-state index in [1.165, 1.54) is 22.9 Å². The molecule has 0 aliphatic rings. The predicted molar refractivity (Wildman–Crippen MR) is 51.0 cm³/mol. The third-order valence-electron chi connectivity index (χ3n) is 1.98. The van der Waals surface area contributed by atoms with Crippen molar-refractivity contribution in [3.8, 4) is 5.75 Å². The third kappa shape index (κ3) is 1.23. The summed E-state index contributed by atoms with van der Waals surface area (Å²) in [5, 5.41) is 9.20. The fourth-order valence-corrected chi connectivity index (χ4v) is 1.24. The van der Waals surface area contributed by atoms with Gasteiger partial charge in [0.2, 0.25) is 0 Å². The third-order valence-corrected chi connectivity index (χ3v) is 1.98. The van der Waals surface area contributed by atoms with Crippen LogP contribution in [0.4, 0.5) is 0 Å². The Labute approximate surface area is 79.4 Å². The van der Waals surface area contributed by atoms with E-state index in [0.717, 1.165) is 0 Å². The number of fused-ring (bicyclic) bond motifs is 1. The Morgan fingerprint density at radius 2 is 2.29 bits per heavy atom. The van der Waals surface area contributed by atoms with Crippen LogP contribution in [0.25, 0.3) is 5.65 Å². The van der Waals surface area contributed by atoms with Crippen LogP contribution >= 0.6 is 0 Å². The lowest BCUT2D eigenvalue weighted by Crippen LogP contribution is -2.21. The van der Waals surface area contributed by atoms with Crippen LogP contribution in [0.5, 0.6) is 5.75 Å². The number of nitrogens with two attached hydrogens (primary N) is 1. The first-order valence-corrected chi connectivity index (χ1v) is 4.11. The van der Waals surface area contributed by atoms with Crippen LogP contribution in [0.2, 0.25) is 0 Å². The first-order valence-electron chi connectivity index (χ1n) is 4.11. The molecule has 0 saturated carbocycles. The van der Waals surface area contributed by atoms with Crippen LogP contribution in [-0.4, -0.2) is 14.5 Å². The fraction of sp³-hybridized carbons (Fsp3) is 0.111. The van der Waals surface area contributed by atoms with Gasteiger partial charge in [-0.25, -0.2) is 4.98 Å². The topological polar surface area (TPSA) is 80.6 Å². The Bertz CT molecular complexity index is 533. The second kappa shape index (κ2) is 3.12. The molecule has 0 aromatic carbocycles. The van der Waals surface area contributed by atoms with Crippen molar-refractivity contribution >= 4 is 5.65 Å². The van der Waals surface area contributed by atoms with Crippen LogP contribution < -0.4 is 11.3 Å². The molecule has 2 aromatic rings. The van der Waals surface area contributed by atoms with E-state index in [9.17, 15) is 9.90 Å². The number of nitrogens with zero attached hydrogens (tertiary/aromatic N) is 2. The summed E-state index contributed by atoms with van der Waals surface area (Å²) in [5.41, 5.74) is 6.04. The largest absolute Gasteiger partial charge is 0.506 e. The van der Waals surface area contributed by atoms with Crippen LogP contribution in [0.15, 0.2) is 29.3 Å². The molecule has 72 valence electrons. The van der Waals surface area contributed by atoms with E-state index in [0.29, 0.717) is 11.2 Å². The summed E-state index contributed by atoms with van der Waals surface area (Å²) in [6.07, 6.45) is 2.78. The number of aromatic nitrogens is 2. The highest BCUT2D eigenvalue weighted by molar-refractivity contribution is 5.41. The van der Waals surface area contributed by atoms with Gasteiger partial charge in [-0.2, -0.15) is 0 Å². The minimum atomic E-state index is -0.242. The van der Waals surface area contributed by atoms with Gasteiger partial charge in [-0.05, 0) is 12.1 Å². The second-order valence-corrected chi connectivity index (χ2v) is 2.91. The van der Waals surface area contributed by atoms with Gasteiger partial charge in [0.1, 0.15) is 11.4 Å². The Hall–Kier alpha value is -1.88. The van der Waals surface area contributed by atoms with Crippen LogP contribution in [0, 0.1) is 0 Å². The zero-order valence-corrected chi connectivity index (χ0v) is 7.34. The molecule has 0 spiro atoms. The van der Waals surface area contributed by atoms with Crippen molar-refractivity contribution in [2.45, 2.75) is 6.54 Å². The van der Waals surface area contributed by atoms with Crippen molar-refractivity contribution < 1.29 is 5.11 Å². The van der Waals surface area contributed by atoms with Gasteiger partial charge in [0.15, 0.2) is 0 Å². The zero-order valence-electron chi connectivity index (χ0n) is 7.34. The van der Waals surface area contributed by atoms with Gasteiger partial charge >= 0.3 is 0 Å². The van der Waals surface area contributed by atoms with Crippen LogP contribution in [0.1, 0.15) is 5.56 Å². The van der Waals surface area contributed by atoms with Crippen LogP contribution in [-0.2, 0) is 6.54 Å². The zero-order chi connectivity index (χ0) is 10.1. The van der Waals surface area contributed by atoms with E-state index in [1.807, 2.05) is 0 Å². The van der Waals surface area contributed by atoms with E-state index < -0.39 is 0 Å². The van der Waals surface area contributed by atoms with Crippen molar-refractivity contribution in [3.63, 3.8) is 0 Å². The molecule has 0 atom stereocenters. The molecule has 2 rings (SSSR count). The van der Waals surface area contributed by atoms with E-state index in [2.05, 4.69) is 4.98 Å². The maximum atomic E-state index is 11.6. The van der Waals surface area contributed by atoms with Gasteiger partial charge < -0.3 is 10.8 Å². The van der Waals surface area contributed by atoms with Gasteiger partial charge in [-0.3, -0.25) is 9.20 Å². The number of rotatable bonds is 1. The highest BCUT2D eigenvalue weighted by Crippen LogP contribution is 2.07. The minimum Gasteiger partial charge on any atom is -0.506 e. The Kier molecular flexibility index (Phi) is 1.94. The summed E-state index contributed by atoms with van der Waals surface area (Å²) in [7, 11) is 0. The van der Waals surface area contributed by atoms with Gasteiger partial charge in [0.05, 0.1) is 6.20 Å². The average Bonchev–Trinajstić information content (AvgIpc) is 2.20. The molecular weight excluding hydrogens is 182 g/mol. The SMILES string of the molecule is NCc1cnc2ccc(O)cn2c1=O. The first kappa shape index (κ1) is 8.71. The Balaban J connectivity index is 2.87. The standard InChI is InChI=1S/C9H9N3O2/c10-3-6-4-11-8-2-1-7(13)5-12(8)9(6)14/h1-2,4-5,13H,3,10H2. The van der Waals surface area contributed by atoms with Crippen molar-refractivity contribution in [2.75, 3.05) is 0 Å². The summed E-state index contributed by atoms with van der Waals surface area (Å²) in [6, 6.07) is 3.04. The average molecular weight is 191 g/mol. The molecule has 0 saturated heterocycles. The van der Waals surface area contributed by atoms with E-state index >= 15 is 0 Å². The summed E-state index contributed by atoms with van der Waals surface area (Å²) in [5.74, 6) is 0.0237. The van der Waals surface area contributed by atoms with E-state index in [-0.39, 0.29) is 17.9 Å². The van der Waals surface area contributed by atoms with Crippen LogP contribution in [0.3, 0.4) is 0 Å². The van der Waals surface area contributed by atoms with Crippen molar-refractivity contribution in [2.24, 2.45) is 5.73 Å². The monoisotopic (exact) mass is 191 g/mol. The molecule has 0 aliphatic carbocycles. The molecule has 0 unspecified atom stereocenters. The number of pyridine rings is 1. The van der Waals surface area contributed by atoms with Gasteiger partial charge in [0.25, 0.3) is 5.56 Å². The maximum Gasteiger partial charge on any atom is 0.262 e. The molecule has 0 fully saturated rings. The maximum absolute atomic E-state index is 11.6. The lowest BCUT2D eigenvalue weighted by Gasteiger charge is -2.02. The van der Waals surface area contributed by atoms with Crippen molar-refractivity contribution in [1.82, 2.24) is 9.38 Å². The normalized spacial score (nSPS) is 10.6. The summed E-state index contributed by atoms with van der Waals surface area (Å²) >= 11 is 0. The van der Waals surface area contributed by atoms with E-state index in [4.69, 9.17) is 5.73 Å². The summed E-state index contributed by atoms with van der Waals surface area (Å²) < 4.78 is 1.28. The summed E-state index contributed by atoms with van der Waals surface area (Å²) in [4.78, 5) is 15.7.